The first kappa shape index (κ1) is 9.28. The highest BCUT2D eigenvalue weighted by Crippen LogP contribution is 2.24. The summed E-state index contributed by atoms with van der Waals surface area (Å²) < 4.78 is 0. The number of hydrogen-bond acceptors (Lipinski definition) is 2. The minimum Gasteiger partial charge on any atom is -0.396 e. The second-order valence-corrected chi connectivity index (χ2v) is 3.86. The van der Waals surface area contributed by atoms with E-state index in [-0.39, 0.29) is 0 Å². The molecular weight excluding hydrogens is 196 g/mol. The Hall–Kier alpha value is -1.28. The van der Waals surface area contributed by atoms with Gasteiger partial charge in [0.2, 0.25) is 0 Å². The Labute approximate surface area is 87.7 Å². The summed E-state index contributed by atoms with van der Waals surface area (Å²) in [6.07, 6.45) is 0. The fraction of sp³-hybridized carbons (Fsp3) is 0.182. The number of fused-ring (bicyclic) bond motifs is 1. The van der Waals surface area contributed by atoms with E-state index in [0.29, 0.717) is 10.8 Å². The van der Waals surface area contributed by atoms with Gasteiger partial charge in [0.1, 0.15) is 0 Å². The molecule has 0 radical (unpaired) electrons. The average Bonchev–Trinajstić information content (AvgIpc) is 2.11. The monoisotopic (exact) mass is 206 g/mol. The van der Waals surface area contributed by atoms with Gasteiger partial charge in [0.25, 0.3) is 0 Å². The van der Waals surface area contributed by atoms with Crippen LogP contribution in [0.15, 0.2) is 18.2 Å². The molecule has 0 aliphatic rings. The van der Waals surface area contributed by atoms with Crippen molar-refractivity contribution in [3.8, 4) is 0 Å². The Morgan fingerprint density at radius 3 is 2.50 bits per heavy atom. The summed E-state index contributed by atoms with van der Waals surface area (Å²) >= 11 is 5.84. The van der Waals surface area contributed by atoms with Crippen molar-refractivity contribution in [2.24, 2.45) is 0 Å². The van der Waals surface area contributed by atoms with Crippen molar-refractivity contribution in [1.29, 1.82) is 0 Å². The predicted molar refractivity (Wildman–Crippen MR) is 60.6 cm³/mol. The molecule has 0 amide bonds. The van der Waals surface area contributed by atoms with E-state index in [1.54, 1.807) is 0 Å². The smallest absolute Gasteiger partial charge is 0.152 e. The van der Waals surface area contributed by atoms with Crippen LogP contribution in [0.25, 0.3) is 10.9 Å². The van der Waals surface area contributed by atoms with E-state index in [1.165, 1.54) is 11.1 Å². The van der Waals surface area contributed by atoms with Crippen LogP contribution in [0.3, 0.4) is 0 Å². The molecule has 0 spiro atoms. The first-order valence-electron chi connectivity index (χ1n) is 4.41. The van der Waals surface area contributed by atoms with Crippen LogP contribution in [0, 0.1) is 13.8 Å². The zero-order valence-electron chi connectivity index (χ0n) is 8.13. The maximum absolute atomic E-state index is 5.84. The third-order valence-corrected chi connectivity index (χ3v) is 2.71. The standard InChI is InChI=1S/C11H11ClN2/c1-6-3-8-5-9(13)11(12)14-10(8)4-7(6)2/h3-5H,13H2,1-2H3. The summed E-state index contributed by atoms with van der Waals surface area (Å²) in [6, 6.07) is 5.96. The first-order valence-corrected chi connectivity index (χ1v) is 4.78. The van der Waals surface area contributed by atoms with Crippen molar-refractivity contribution in [2.75, 3.05) is 5.73 Å². The second-order valence-electron chi connectivity index (χ2n) is 3.50. The van der Waals surface area contributed by atoms with E-state index in [9.17, 15) is 0 Å². The molecule has 2 nitrogen and oxygen atoms in total. The highest BCUT2D eigenvalue weighted by atomic mass is 35.5. The lowest BCUT2D eigenvalue weighted by molar-refractivity contribution is 1.33. The number of pyridine rings is 1. The molecule has 14 heavy (non-hydrogen) atoms. The van der Waals surface area contributed by atoms with Crippen LogP contribution in [0.1, 0.15) is 11.1 Å². The Morgan fingerprint density at radius 1 is 1.14 bits per heavy atom. The lowest BCUT2D eigenvalue weighted by Crippen LogP contribution is -1.91. The molecule has 1 aromatic heterocycles. The number of nitrogen functional groups attached to an aromatic ring is 1. The number of aryl methyl sites for hydroxylation is 2. The molecular formula is C11H11ClN2. The molecule has 0 saturated heterocycles. The van der Waals surface area contributed by atoms with Gasteiger partial charge in [-0.3, -0.25) is 0 Å². The van der Waals surface area contributed by atoms with Gasteiger partial charge in [-0.05, 0) is 43.2 Å². The molecule has 1 aromatic carbocycles. The van der Waals surface area contributed by atoms with Gasteiger partial charge in [-0.15, -0.1) is 0 Å². The Balaban J connectivity index is 2.83. The summed E-state index contributed by atoms with van der Waals surface area (Å²) in [5.41, 5.74) is 9.56. The van der Waals surface area contributed by atoms with E-state index in [2.05, 4.69) is 24.9 Å². The van der Waals surface area contributed by atoms with Gasteiger partial charge in [0, 0.05) is 5.39 Å². The van der Waals surface area contributed by atoms with Gasteiger partial charge in [0.15, 0.2) is 5.15 Å². The SMILES string of the molecule is Cc1cc2cc(N)c(Cl)nc2cc1C. The van der Waals surface area contributed by atoms with Crippen molar-refractivity contribution in [2.45, 2.75) is 13.8 Å². The van der Waals surface area contributed by atoms with Crippen molar-refractivity contribution in [1.82, 2.24) is 4.98 Å². The van der Waals surface area contributed by atoms with Crippen molar-refractivity contribution < 1.29 is 0 Å². The van der Waals surface area contributed by atoms with E-state index in [0.717, 1.165) is 10.9 Å². The summed E-state index contributed by atoms with van der Waals surface area (Å²) in [6.45, 7) is 4.13. The molecule has 0 fully saturated rings. The molecule has 3 heteroatoms. The van der Waals surface area contributed by atoms with Gasteiger partial charge >= 0.3 is 0 Å². The molecule has 72 valence electrons. The fourth-order valence-electron chi connectivity index (χ4n) is 1.43. The number of hydrogen-bond donors (Lipinski definition) is 1. The minimum atomic E-state index is 0.376. The predicted octanol–water partition coefficient (Wildman–Crippen LogP) is 3.09. The minimum absolute atomic E-state index is 0.376. The Bertz CT molecular complexity index is 417. The largest absolute Gasteiger partial charge is 0.396 e. The number of halogens is 1. The summed E-state index contributed by atoms with van der Waals surface area (Å²) in [7, 11) is 0. The van der Waals surface area contributed by atoms with Crippen LogP contribution in [-0.4, -0.2) is 4.98 Å². The van der Waals surface area contributed by atoms with Crippen LogP contribution < -0.4 is 5.73 Å². The summed E-state index contributed by atoms with van der Waals surface area (Å²) in [4.78, 5) is 4.22. The topological polar surface area (TPSA) is 38.9 Å². The molecule has 0 unspecified atom stereocenters. The zero-order chi connectivity index (χ0) is 10.3. The molecule has 0 atom stereocenters. The zero-order valence-corrected chi connectivity index (χ0v) is 8.89. The third kappa shape index (κ3) is 1.42. The molecule has 0 aliphatic carbocycles. The third-order valence-electron chi connectivity index (χ3n) is 2.41. The molecule has 0 aliphatic heterocycles. The Morgan fingerprint density at radius 2 is 1.79 bits per heavy atom. The molecule has 0 bridgehead atoms. The molecule has 2 aromatic rings. The number of nitrogens with zero attached hydrogens (tertiary/aromatic N) is 1. The summed E-state index contributed by atoms with van der Waals surface area (Å²) in [5, 5.41) is 1.41. The van der Waals surface area contributed by atoms with Gasteiger partial charge in [-0.25, -0.2) is 4.98 Å². The quantitative estimate of drug-likeness (QED) is 0.673. The normalized spacial score (nSPS) is 10.8. The van der Waals surface area contributed by atoms with Crippen LogP contribution in [0.5, 0.6) is 0 Å². The Kier molecular flexibility index (Phi) is 2.08. The second kappa shape index (κ2) is 3.14. The van der Waals surface area contributed by atoms with Crippen molar-refractivity contribution >= 4 is 28.2 Å². The van der Waals surface area contributed by atoms with Gasteiger partial charge in [0.05, 0.1) is 11.2 Å². The van der Waals surface area contributed by atoms with E-state index >= 15 is 0 Å². The van der Waals surface area contributed by atoms with Gasteiger partial charge in [-0.1, -0.05) is 11.6 Å². The maximum atomic E-state index is 5.84. The average molecular weight is 207 g/mol. The summed E-state index contributed by atoms with van der Waals surface area (Å²) in [5.74, 6) is 0. The van der Waals surface area contributed by atoms with Gasteiger partial charge < -0.3 is 5.73 Å². The first-order chi connectivity index (χ1) is 6.58. The van der Waals surface area contributed by atoms with Crippen LogP contribution in [0.2, 0.25) is 5.15 Å². The molecule has 2 N–H and O–H groups in total. The molecule has 0 saturated carbocycles. The maximum Gasteiger partial charge on any atom is 0.152 e. The molecule has 1 heterocycles. The fourth-order valence-corrected chi connectivity index (χ4v) is 1.58. The highest BCUT2D eigenvalue weighted by Gasteiger charge is 2.03. The lowest BCUT2D eigenvalue weighted by atomic mass is 10.1. The van der Waals surface area contributed by atoms with Crippen LogP contribution in [0.4, 0.5) is 5.69 Å². The van der Waals surface area contributed by atoms with Crippen LogP contribution >= 0.6 is 11.6 Å². The van der Waals surface area contributed by atoms with Crippen molar-refractivity contribution in [3.05, 3.63) is 34.5 Å². The number of aromatic nitrogens is 1. The number of nitrogens with two attached hydrogens (primary N) is 1. The highest BCUT2D eigenvalue weighted by molar-refractivity contribution is 6.32. The van der Waals surface area contributed by atoms with E-state index < -0.39 is 0 Å². The van der Waals surface area contributed by atoms with E-state index in [4.69, 9.17) is 17.3 Å². The van der Waals surface area contributed by atoms with Gasteiger partial charge in [-0.2, -0.15) is 0 Å². The van der Waals surface area contributed by atoms with Crippen LogP contribution in [-0.2, 0) is 0 Å². The number of benzene rings is 1. The number of anilines is 1. The number of rotatable bonds is 0. The molecule has 2 rings (SSSR count). The lowest BCUT2D eigenvalue weighted by Gasteiger charge is -2.05. The van der Waals surface area contributed by atoms with Crippen molar-refractivity contribution in [3.63, 3.8) is 0 Å². The van der Waals surface area contributed by atoms with E-state index in [1.807, 2.05) is 12.1 Å².